The molecule has 1 aromatic carbocycles. The molecule has 142 valence electrons. The molecule has 0 bridgehead atoms. The predicted molar refractivity (Wildman–Crippen MR) is 97.3 cm³/mol. The topological polar surface area (TPSA) is 88.7 Å². The number of fused-ring (bicyclic) bond motifs is 1. The van der Waals surface area contributed by atoms with Crippen LogP contribution in [0.15, 0.2) is 18.2 Å². The van der Waals surface area contributed by atoms with Crippen LogP contribution in [0.2, 0.25) is 0 Å². The van der Waals surface area contributed by atoms with Gasteiger partial charge in [-0.25, -0.2) is 4.79 Å². The zero-order chi connectivity index (χ0) is 18.5. The Labute approximate surface area is 153 Å². The van der Waals surface area contributed by atoms with Crippen molar-refractivity contribution in [2.75, 3.05) is 19.8 Å². The van der Waals surface area contributed by atoms with E-state index in [-0.39, 0.29) is 30.4 Å². The number of nitrogens with one attached hydrogen (secondary N) is 3. The number of benzene rings is 1. The zero-order valence-corrected chi connectivity index (χ0v) is 15.3. The molecular weight excluding hydrogens is 334 g/mol. The summed E-state index contributed by atoms with van der Waals surface area (Å²) in [6, 6.07) is 5.62. The maximum atomic E-state index is 12.2. The second kappa shape index (κ2) is 8.29. The Kier molecular flexibility index (Phi) is 5.85. The number of carbonyl (C=O) groups excluding carboxylic acids is 2. The standard InChI is InChI=1S/C19H27N3O4/c1-12(2)21-17(23)7-8-20-19(24)22-18(13-3-4-13)14-5-6-15-16(11-14)26-10-9-25-15/h5-6,11-13,18H,3-4,7-10H2,1-2H3,(H,21,23)(H2,20,22,24)/t18-/m1/s1. The fourth-order valence-corrected chi connectivity index (χ4v) is 3.03. The van der Waals surface area contributed by atoms with Gasteiger partial charge in [-0.2, -0.15) is 0 Å². The highest BCUT2D eigenvalue weighted by Gasteiger charge is 2.34. The summed E-state index contributed by atoms with van der Waals surface area (Å²) in [7, 11) is 0. The van der Waals surface area contributed by atoms with Gasteiger partial charge >= 0.3 is 6.03 Å². The number of urea groups is 1. The molecule has 0 radical (unpaired) electrons. The summed E-state index contributed by atoms with van der Waals surface area (Å²) in [6.45, 7) is 5.22. The molecule has 2 aliphatic rings. The molecular formula is C19H27N3O4. The minimum atomic E-state index is -0.255. The summed E-state index contributed by atoms with van der Waals surface area (Å²) in [5.41, 5.74) is 1.02. The van der Waals surface area contributed by atoms with Gasteiger partial charge in [0.25, 0.3) is 0 Å². The van der Waals surface area contributed by atoms with Gasteiger partial charge in [-0.1, -0.05) is 6.07 Å². The van der Waals surface area contributed by atoms with Crippen LogP contribution in [0.4, 0.5) is 4.79 Å². The monoisotopic (exact) mass is 361 g/mol. The van der Waals surface area contributed by atoms with Crippen molar-refractivity contribution in [2.45, 2.75) is 45.2 Å². The van der Waals surface area contributed by atoms with E-state index in [0.29, 0.717) is 25.7 Å². The summed E-state index contributed by atoms with van der Waals surface area (Å²) < 4.78 is 11.2. The molecule has 1 saturated carbocycles. The third-order valence-electron chi connectivity index (χ3n) is 4.39. The van der Waals surface area contributed by atoms with E-state index in [1.807, 2.05) is 32.0 Å². The van der Waals surface area contributed by atoms with Crippen molar-refractivity contribution >= 4 is 11.9 Å². The molecule has 3 N–H and O–H groups in total. The summed E-state index contributed by atoms with van der Waals surface area (Å²) in [6.07, 6.45) is 2.45. The number of carbonyl (C=O) groups is 2. The first-order valence-electron chi connectivity index (χ1n) is 9.26. The van der Waals surface area contributed by atoms with Gasteiger partial charge in [-0.05, 0) is 50.3 Å². The highest BCUT2D eigenvalue weighted by atomic mass is 16.6. The van der Waals surface area contributed by atoms with E-state index in [4.69, 9.17) is 9.47 Å². The van der Waals surface area contributed by atoms with Crippen LogP contribution in [0.25, 0.3) is 0 Å². The van der Waals surface area contributed by atoms with Crippen molar-refractivity contribution in [2.24, 2.45) is 5.92 Å². The van der Waals surface area contributed by atoms with Gasteiger partial charge in [0.2, 0.25) is 5.91 Å². The van der Waals surface area contributed by atoms with Gasteiger partial charge in [-0.15, -0.1) is 0 Å². The van der Waals surface area contributed by atoms with Crippen LogP contribution in [0, 0.1) is 5.92 Å². The lowest BCUT2D eigenvalue weighted by atomic mass is 10.0. The quantitative estimate of drug-likeness (QED) is 0.694. The molecule has 1 aliphatic carbocycles. The number of hydrogen-bond donors (Lipinski definition) is 3. The molecule has 0 spiro atoms. The largest absolute Gasteiger partial charge is 0.486 e. The summed E-state index contributed by atoms with van der Waals surface area (Å²) in [4.78, 5) is 23.9. The van der Waals surface area contributed by atoms with Crippen LogP contribution in [-0.4, -0.2) is 37.7 Å². The molecule has 3 rings (SSSR count). The first kappa shape index (κ1) is 18.4. The third-order valence-corrected chi connectivity index (χ3v) is 4.39. The van der Waals surface area contributed by atoms with Crippen molar-refractivity contribution in [3.05, 3.63) is 23.8 Å². The Morgan fingerprint density at radius 1 is 1.12 bits per heavy atom. The molecule has 7 nitrogen and oxygen atoms in total. The first-order valence-corrected chi connectivity index (χ1v) is 9.26. The number of hydrogen-bond acceptors (Lipinski definition) is 4. The summed E-state index contributed by atoms with van der Waals surface area (Å²) in [5, 5.41) is 8.61. The molecule has 0 unspecified atom stereocenters. The van der Waals surface area contributed by atoms with Gasteiger partial charge in [0, 0.05) is 19.0 Å². The summed E-state index contributed by atoms with van der Waals surface area (Å²) >= 11 is 0. The smallest absolute Gasteiger partial charge is 0.315 e. The second-order valence-electron chi connectivity index (χ2n) is 7.09. The minimum absolute atomic E-state index is 0.0599. The van der Waals surface area contributed by atoms with Gasteiger partial charge in [-0.3, -0.25) is 4.79 Å². The average molecular weight is 361 g/mol. The van der Waals surface area contributed by atoms with Crippen molar-refractivity contribution < 1.29 is 19.1 Å². The van der Waals surface area contributed by atoms with Crippen molar-refractivity contribution in [1.29, 1.82) is 0 Å². The Balaban J connectivity index is 1.54. The molecule has 7 heteroatoms. The van der Waals surface area contributed by atoms with E-state index in [1.54, 1.807) is 0 Å². The molecule has 1 atom stereocenters. The highest BCUT2D eigenvalue weighted by molar-refractivity contribution is 5.78. The van der Waals surface area contributed by atoms with Crippen LogP contribution in [-0.2, 0) is 4.79 Å². The van der Waals surface area contributed by atoms with E-state index >= 15 is 0 Å². The van der Waals surface area contributed by atoms with E-state index in [9.17, 15) is 9.59 Å². The number of ether oxygens (including phenoxy) is 2. The third kappa shape index (κ3) is 5.03. The lowest BCUT2D eigenvalue weighted by molar-refractivity contribution is -0.121. The molecule has 1 aliphatic heterocycles. The van der Waals surface area contributed by atoms with E-state index in [0.717, 1.165) is 29.9 Å². The molecule has 1 fully saturated rings. The predicted octanol–water partition coefficient (Wildman–Crippen LogP) is 2.12. The number of rotatable bonds is 7. The van der Waals surface area contributed by atoms with Gasteiger partial charge < -0.3 is 25.4 Å². The molecule has 1 aromatic rings. The Morgan fingerprint density at radius 3 is 2.54 bits per heavy atom. The van der Waals surface area contributed by atoms with Crippen LogP contribution in [0.3, 0.4) is 0 Å². The fourth-order valence-electron chi connectivity index (χ4n) is 3.03. The lowest BCUT2D eigenvalue weighted by Gasteiger charge is -2.23. The Bertz CT molecular complexity index is 658. The van der Waals surface area contributed by atoms with Crippen LogP contribution in [0.5, 0.6) is 11.5 Å². The van der Waals surface area contributed by atoms with Crippen LogP contribution in [0.1, 0.15) is 44.7 Å². The maximum absolute atomic E-state index is 12.2. The van der Waals surface area contributed by atoms with Gasteiger partial charge in [0.05, 0.1) is 6.04 Å². The van der Waals surface area contributed by atoms with E-state index in [2.05, 4.69) is 16.0 Å². The SMILES string of the molecule is CC(C)NC(=O)CCNC(=O)N[C@@H](c1ccc2c(c1)OCCO2)C1CC1. The van der Waals surface area contributed by atoms with Gasteiger partial charge in [0.15, 0.2) is 11.5 Å². The molecule has 3 amide bonds. The first-order chi connectivity index (χ1) is 12.5. The molecule has 0 aromatic heterocycles. The maximum Gasteiger partial charge on any atom is 0.315 e. The Hall–Kier alpha value is -2.44. The highest BCUT2D eigenvalue weighted by Crippen LogP contribution is 2.43. The molecule has 0 saturated heterocycles. The second-order valence-corrected chi connectivity index (χ2v) is 7.09. The fraction of sp³-hybridized carbons (Fsp3) is 0.579. The minimum Gasteiger partial charge on any atom is -0.486 e. The molecule has 1 heterocycles. The van der Waals surface area contributed by atoms with Gasteiger partial charge in [0.1, 0.15) is 13.2 Å². The van der Waals surface area contributed by atoms with E-state index < -0.39 is 0 Å². The number of amides is 3. The average Bonchev–Trinajstić information content (AvgIpc) is 3.43. The van der Waals surface area contributed by atoms with Crippen molar-refractivity contribution in [3.8, 4) is 11.5 Å². The van der Waals surface area contributed by atoms with Crippen LogP contribution < -0.4 is 25.4 Å². The summed E-state index contributed by atoms with van der Waals surface area (Å²) in [5.74, 6) is 1.85. The normalized spacial score (nSPS) is 16.7. The lowest BCUT2D eigenvalue weighted by Crippen LogP contribution is -2.41. The van der Waals surface area contributed by atoms with Crippen LogP contribution >= 0.6 is 0 Å². The van der Waals surface area contributed by atoms with E-state index in [1.165, 1.54) is 0 Å². The Morgan fingerprint density at radius 2 is 1.85 bits per heavy atom. The van der Waals surface area contributed by atoms with Crippen molar-refractivity contribution in [1.82, 2.24) is 16.0 Å². The van der Waals surface area contributed by atoms with Crippen molar-refractivity contribution in [3.63, 3.8) is 0 Å². The molecule has 26 heavy (non-hydrogen) atoms. The zero-order valence-electron chi connectivity index (χ0n) is 15.3.